The van der Waals surface area contributed by atoms with Gasteiger partial charge in [0.25, 0.3) is 0 Å². The largest absolute Gasteiger partial charge is 0.396 e. The maximum atomic E-state index is 9.91. The molecule has 94 valence electrons. The molecule has 2 nitrogen and oxygen atoms in total. The predicted molar refractivity (Wildman–Crippen MR) is 71.0 cm³/mol. The Morgan fingerprint density at radius 2 is 1.94 bits per heavy atom. The van der Waals surface area contributed by atoms with E-state index in [2.05, 4.69) is 0 Å². The first kappa shape index (κ1) is 14.2. The van der Waals surface area contributed by atoms with Crippen LogP contribution in [0.5, 0.6) is 0 Å². The lowest BCUT2D eigenvalue weighted by Gasteiger charge is -2.09. The lowest BCUT2D eigenvalue weighted by Crippen LogP contribution is -1.97. The van der Waals surface area contributed by atoms with Crippen LogP contribution in [-0.2, 0) is 0 Å². The third-order valence-electron chi connectivity index (χ3n) is 2.66. The van der Waals surface area contributed by atoms with Crippen molar-refractivity contribution in [2.75, 3.05) is 6.61 Å². The molecular formula is C14H19ClO2. The van der Waals surface area contributed by atoms with Gasteiger partial charge in [0.1, 0.15) is 0 Å². The minimum atomic E-state index is -0.496. The van der Waals surface area contributed by atoms with Crippen LogP contribution in [0.1, 0.15) is 31.4 Å². The molecule has 2 N–H and O–H groups in total. The van der Waals surface area contributed by atoms with E-state index in [9.17, 15) is 5.11 Å². The minimum absolute atomic E-state index is 0.200. The van der Waals surface area contributed by atoms with Crippen LogP contribution in [0.15, 0.2) is 36.4 Å². The molecule has 0 saturated heterocycles. The molecule has 0 bridgehead atoms. The second kappa shape index (κ2) is 7.49. The number of aliphatic hydroxyl groups is 2. The van der Waals surface area contributed by atoms with Crippen LogP contribution in [0.2, 0.25) is 5.02 Å². The Morgan fingerprint density at radius 1 is 1.29 bits per heavy atom. The topological polar surface area (TPSA) is 40.5 Å². The highest BCUT2D eigenvalue weighted by Crippen LogP contribution is 2.19. The first-order valence-corrected chi connectivity index (χ1v) is 6.22. The molecule has 1 rings (SSSR count). The summed E-state index contributed by atoms with van der Waals surface area (Å²) in [5.74, 6) is 0.345. The first-order chi connectivity index (χ1) is 8.13. The highest BCUT2D eigenvalue weighted by molar-refractivity contribution is 6.30. The molecule has 0 spiro atoms. The van der Waals surface area contributed by atoms with E-state index < -0.39 is 6.10 Å². The van der Waals surface area contributed by atoms with Gasteiger partial charge in [-0.3, -0.25) is 0 Å². The van der Waals surface area contributed by atoms with Crippen molar-refractivity contribution >= 4 is 11.6 Å². The van der Waals surface area contributed by atoms with E-state index >= 15 is 0 Å². The van der Waals surface area contributed by atoms with Crippen LogP contribution < -0.4 is 0 Å². The fourth-order valence-electron chi connectivity index (χ4n) is 1.56. The van der Waals surface area contributed by atoms with Gasteiger partial charge in [-0.05, 0) is 36.5 Å². The number of hydrogen-bond acceptors (Lipinski definition) is 2. The maximum absolute atomic E-state index is 9.91. The Bertz CT molecular complexity index is 346. The zero-order chi connectivity index (χ0) is 12.7. The molecule has 0 unspecified atom stereocenters. The fourth-order valence-corrected chi connectivity index (χ4v) is 1.69. The molecule has 0 heterocycles. The molecule has 0 aliphatic carbocycles. The maximum Gasteiger partial charge on any atom is 0.0824 e. The van der Waals surface area contributed by atoms with Crippen LogP contribution >= 0.6 is 11.6 Å². The Kier molecular flexibility index (Phi) is 6.27. The average Bonchev–Trinajstić information content (AvgIpc) is 2.30. The molecule has 0 aliphatic heterocycles. The van der Waals surface area contributed by atoms with Gasteiger partial charge in [0.15, 0.2) is 0 Å². The summed E-state index contributed by atoms with van der Waals surface area (Å²) >= 11 is 5.78. The zero-order valence-electron chi connectivity index (χ0n) is 10.0. The second-order valence-corrected chi connectivity index (χ2v) is 4.66. The molecule has 0 amide bonds. The van der Waals surface area contributed by atoms with Gasteiger partial charge in [0.2, 0.25) is 0 Å². The number of hydrogen-bond donors (Lipinski definition) is 2. The van der Waals surface area contributed by atoms with Crippen LogP contribution in [0, 0.1) is 5.92 Å². The summed E-state index contributed by atoms with van der Waals surface area (Å²) in [7, 11) is 0. The monoisotopic (exact) mass is 254 g/mol. The van der Waals surface area contributed by atoms with Crippen LogP contribution in [0.4, 0.5) is 0 Å². The molecule has 1 aromatic carbocycles. The van der Waals surface area contributed by atoms with E-state index in [1.807, 2.05) is 31.2 Å². The van der Waals surface area contributed by atoms with E-state index in [1.54, 1.807) is 12.1 Å². The standard InChI is InChI=1S/C14H19ClO2/c1-11(9-10-16)3-2-4-14(17)12-5-7-13(15)8-6-12/h2-3,5-8,11,14,16-17H,4,9-10H2,1H3/b3-2-/t11-,14+/m0/s1. The molecule has 0 aromatic heterocycles. The second-order valence-electron chi connectivity index (χ2n) is 4.22. The highest BCUT2D eigenvalue weighted by Gasteiger charge is 2.05. The van der Waals surface area contributed by atoms with E-state index in [0.717, 1.165) is 12.0 Å². The van der Waals surface area contributed by atoms with Gasteiger partial charge in [-0.2, -0.15) is 0 Å². The smallest absolute Gasteiger partial charge is 0.0824 e. The summed E-state index contributed by atoms with van der Waals surface area (Å²) in [6.45, 7) is 2.24. The molecule has 0 fully saturated rings. The molecule has 0 aliphatic rings. The van der Waals surface area contributed by atoms with E-state index in [4.69, 9.17) is 16.7 Å². The van der Waals surface area contributed by atoms with E-state index in [1.165, 1.54) is 0 Å². The van der Waals surface area contributed by atoms with Crippen molar-refractivity contribution < 1.29 is 10.2 Å². The van der Waals surface area contributed by atoms with Crippen molar-refractivity contribution in [3.05, 3.63) is 47.0 Å². The highest BCUT2D eigenvalue weighted by atomic mass is 35.5. The summed E-state index contributed by atoms with van der Waals surface area (Å²) in [4.78, 5) is 0. The van der Waals surface area contributed by atoms with Crippen molar-refractivity contribution in [1.29, 1.82) is 0 Å². The number of allylic oxidation sites excluding steroid dienone is 1. The minimum Gasteiger partial charge on any atom is -0.396 e. The van der Waals surface area contributed by atoms with E-state index in [-0.39, 0.29) is 6.61 Å². The van der Waals surface area contributed by atoms with Gasteiger partial charge < -0.3 is 10.2 Å². The van der Waals surface area contributed by atoms with Gasteiger partial charge in [-0.25, -0.2) is 0 Å². The van der Waals surface area contributed by atoms with Crippen LogP contribution in [-0.4, -0.2) is 16.8 Å². The van der Waals surface area contributed by atoms with Crippen molar-refractivity contribution in [1.82, 2.24) is 0 Å². The van der Waals surface area contributed by atoms with Crippen molar-refractivity contribution in [2.45, 2.75) is 25.9 Å². The Morgan fingerprint density at radius 3 is 2.53 bits per heavy atom. The normalized spacial score (nSPS) is 15.1. The van der Waals surface area contributed by atoms with Crippen molar-refractivity contribution in [3.8, 4) is 0 Å². The molecular weight excluding hydrogens is 236 g/mol. The van der Waals surface area contributed by atoms with Crippen LogP contribution in [0.3, 0.4) is 0 Å². The molecule has 0 radical (unpaired) electrons. The summed E-state index contributed by atoms with van der Waals surface area (Å²) < 4.78 is 0. The van der Waals surface area contributed by atoms with E-state index in [0.29, 0.717) is 17.4 Å². The third kappa shape index (κ3) is 5.35. The van der Waals surface area contributed by atoms with Gasteiger partial charge in [-0.15, -0.1) is 0 Å². The Balaban J connectivity index is 2.44. The number of aliphatic hydroxyl groups excluding tert-OH is 2. The van der Waals surface area contributed by atoms with Crippen molar-refractivity contribution in [2.24, 2.45) is 5.92 Å². The molecule has 17 heavy (non-hydrogen) atoms. The number of benzene rings is 1. The van der Waals surface area contributed by atoms with Gasteiger partial charge in [0.05, 0.1) is 6.10 Å². The van der Waals surface area contributed by atoms with Gasteiger partial charge >= 0.3 is 0 Å². The Hall–Kier alpha value is -0.830. The lowest BCUT2D eigenvalue weighted by molar-refractivity contribution is 0.181. The van der Waals surface area contributed by atoms with Crippen LogP contribution in [0.25, 0.3) is 0 Å². The fraction of sp³-hybridized carbons (Fsp3) is 0.429. The lowest BCUT2D eigenvalue weighted by atomic mass is 10.0. The Labute approximate surface area is 108 Å². The van der Waals surface area contributed by atoms with Gasteiger partial charge in [-0.1, -0.05) is 42.8 Å². The SMILES string of the molecule is C[C@@H](/C=C\C[C@@H](O)c1ccc(Cl)cc1)CCO. The molecule has 3 heteroatoms. The zero-order valence-corrected chi connectivity index (χ0v) is 10.8. The predicted octanol–water partition coefficient (Wildman–Crippen LogP) is 3.34. The molecule has 2 atom stereocenters. The first-order valence-electron chi connectivity index (χ1n) is 5.84. The van der Waals surface area contributed by atoms with Crippen molar-refractivity contribution in [3.63, 3.8) is 0 Å². The quantitative estimate of drug-likeness (QED) is 0.765. The molecule has 0 saturated carbocycles. The third-order valence-corrected chi connectivity index (χ3v) is 2.92. The summed E-state index contributed by atoms with van der Waals surface area (Å²) in [6.07, 6.45) is 4.82. The van der Waals surface area contributed by atoms with Gasteiger partial charge in [0, 0.05) is 11.6 Å². The number of rotatable bonds is 6. The molecule has 1 aromatic rings. The summed E-state index contributed by atoms with van der Waals surface area (Å²) in [5, 5.41) is 19.3. The summed E-state index contributed by atoms with van der Waals surface area (Å²) in [5.41, 5.74) is 0.869. The summed E-state index contributed by atoms with van der Waals surface area (Å²) in [6, 6.07) is 7.21. The average molecular weight is 255 g/mol. The number of halogens is 1.